The van der Waals surface area contributed by atoms with E-state index in [-0.39, 0.29) is 5.97 Å². The molecule has 0 fully saturated rings. The molecular formula is C18H20BNO5. The number of benzene rings is 2. The lowest BCUT2D eigenvalue weighted by molar-refractivity contribution is 0.0482. The number of carbonyl (C=O) groups excluding carboxylic acids is 1. The van der Waals surface area contributed by atoms with Gasteiger partial charge in [-0.2, -0.15) is 0 Å². The van der Waals surface area contributed by atoms with Crippen LogP contribution >= 0.6 is 0 Å². The number of esters is 1. The number of hydrogen-bond acceptors (Lipinski definition) is 6. The summed E-state index contributed by atoms with van der Waals surface area (Å²) in [6.45, 7) is 1.40. The highest BCUT2D eigenvalue weighted by Crippen LogP contribution is 2.24. The van der Waals surface area contributed by atoms with Gasteiger partial charge in [-0.1, -0.05) is 6.07 Å². The Balaban J connectivity index is 1.60. The molecule has 0 aliphatic carbocycles. The molecule has 1 aliphatic rings. The number of carbonyl (C=O) groups is 1. The maximum absolute atomic E-state index is 11.9. The van der Waals surface area contributed by atoms with Crippen molar-refractivity contribution >= 4 is 18.6 Å². The zero-order valence-electron chi connectivity index (χ0n) is 14.3. The molecule has 1 aliphatic heterocycles. The standard InChI is InChI=1S/C18H20BNO5/c1-20(2)9-10-23-18(21)13-3-5-15(6-4-13)25-16-7-8-17-14(11-16)12-24-19(17)22/h3-8,11,22H,9-10,12H2,1-2H3. The topological polar surface area (TPSA) is 68.2 Å². The first-order valence-electron chi connectivity index (χ1n) is 8.05. The lowest BCUT2D eigenvalue weighted by atomic mass is 9.80. The normalized spacial score (nSPS) is 13.0. The van der Waals surface area contributed by atoms with Crippen LogP contribution in [0, 0.1) is 0 Å². The van der Waals surface area contributed by atoms with Crippen LogP contribution in [0.25, 0.3) is 0 Å². The van der Waals surface area contributed by atoms with Gasteiger partial charge >= 0.3 is 13.1 Å². The van der Waals surface area contributed by atoms with Crippen LogP contribution < -0.4 is 10.2 Å². The van der Waals surface area contributed by atoms with Crippen LogP contribution in [-0.4, -0.2) is 50.3 Å². The molecule has 0 aromatic heterocycles. The van der Waals surface area contributed by atoms with Crippen molar-refractivity contribution in [1.29, 1.82) is 0 Å². The molecule has 2 aromatic carbocycles. The number of ether oxygens (including phenoxy) is 2. The molecule has 0 spiro atoms. The lowest BCUT2D eigenvalue weighted by Gasteiger charge is -2.10. The van der Waals surface area contributed by atoms with Gasteiger partial charge in [0.05, 0.1) is 12.2 Å². The zero-order chi connectivity index (χ0) is 17.8. The Morgan fingerprint density at radius 3 is 2.64 bits per heavy atom. The van der Waals surface area contributed by atoms with Gasteiger partial charge in [0.2, 0.25) is 0 Å². The Morgan fingerprint density at radius 1 is 1.20 bits per heavy atom. The Bertz CT molecular complexity index is 748. The van der Waals surface area contributed by atoms with Crippen LogP contribution in [0.5, 0.6) is 11.5 Å². The molecule has 6 nitrogen and oxygen atoms in total. The summed E-state index contributed by atoms with van der Waals surface area (Å²) in [6, 6.07) is 12.2. The summed E-state index contributed by atoms with van der Waals surface area (Å²) in [6.07, 6.45) is 0. The molecule has 2 aromatic rings. The second-order valence-electron chi connectivity index (χ2n) is 6.09. The van der Waals surface area contributed by atoms with E-state index in [1.165, 1.54) is 0 Å². The molecule has 1 N–H and O–H groups in total. The van der Waals surface area contributed by atoms with Crippen LogP contribution in [0.15, 0.2) is 42.5 Å². The van der Waals surface area contributed by atoms with Crippen LogP contribution in [0.3, 0.4) is 0 Å². The molecule has 0 atom stereocenters. The van der Waals surface area contributed by atoms with Gasteiger partial charge in [0.25, 0.3) is 0 Å². The van der Waals surface area contributed by atoms with E-state index in [0.29, 0.717) is 36.8 Å². The van der Waals surface area contributed by atoms with E-state index < -0.39 is 7.12 Å². The molecule has 0 radical (unpaired) electrons. The maximum Gasteiger partial charge on any atom is 0.491 e. The van der Waals surface area contributed by atoms with E-state index in [9.17, 15) is 9.82 Å². The first kappa shape index (κ1) is 17.5. The number of nitrogens with zero attached hydrogens (tertiary/aromatic N) is 1. The molecule has 0 saturated heterocycles. The number of hydrogen-bond donors (Lipinski definition) is 1. The predicted molar refractivity (Wildman–Crippen MR) is 94.2 cm³/mol. The minimum atomic E-state index is -0.859. The highest BCUT2D eigenvalue weighted by atomic mass is 16.5. The summed E-state index contributed by atoms with van der Waals surface area (Å²) in [5, 5.41) is 9.63. The Hall–Kier alpha value is -2.35. The third kappa shape index (κ3) is 4.39. The van der Waals surface area contributed by atoms with Gasteiger partial charge < -0.3 is 24.1 Å². The largest absolute Gasteiger partial charge is 0.491 e. The van der Waals surface area contributed by atoms with Crippen molar-refractivity contribution in [1.82, 2.24) is 4.90 Å². The van der Waals surface area contributed by atoms with Crippen molar-refractivity contribution < 1.29 is 23.9 Å². The summed E-state index contributed by atoms with van der Waals surface area (Å²) in [5.74, 6) is 0.916. The Kier molecular flexibility index (Phi) is 5.38. The third-order valence-corrected chi connectivity index (χ3v) is 3.87. The lowest BCUT2D eigenvalue weighted by Crippen LogP contribution is -2.27. The van der Waals surface area contributed by atoms with E-state index in [1.54, 1.807) is 36.4 Å². The van der Waals surface area contributed by atoms with Gasteiger partial charge in [0.15, 0.2) is 0 Å². The van der Waals surface area contributed by atoms with Crippen molar-refractivity contribution in [2.45, 2.75) is 6.61 Å². The zero-order valence-corrected chi connectivity index (χ0v) is 14.3. The van der Waals surface area contributed by atoms with Gasteiger partial charge in [0, 0.05) is 6.54 Å². The molecule has 0 unspecified atom stereocenters. The quantitative estimate of drug-likeness (QED) is 0.633. The van der Waals surface area contributed by atoms with Crippen molar-refractivity contribution in [2.75, 3.05) is 27.2 Å². The summed E-state index contributed by atoms with van der Waals surface area (Å²) in [5.41, 5.74) is 2.16. The Morgan fingerprint density at radius 2 is 1.92 bits per heavy atom. The van der Waals surface area contributed by atoms with Crippen LogP contribution in [0.2, 0.25) is 0 Å². The molecule has 0 saturated carbocycles. The molecule has 0 amide bonds. The number of rotatable bonds is 6. The van der Waals surface area contributed by atoms with E-state index in [0.717, 1.165) is 11.0 Å². The predicted octanol–water partition coefficient (Wildman–Crippen LogP) is 1.41. The maximum atomic E-state index is 11.9. The molecule has 7 heteroatoms. The smallest absolute Gasteiger partial charge is 0.461 e. The van der Waals surface area contributed by atoms with Crippen LogP contribution in [-0.2, 0) is 16.0 Å². The summed E-state index contributed by atoms with van der Waals surface area (Å²) < 4.78 is 16.2. The van der Waals surface area contributed by atoms with Gasteiger partial charge in [-0.3, -0.25) is 0 Å². The number of fused-ring (bicyclic) bond motifs is 1. The molecule has 0 bridgehead atoms. The van der Waals surface area contributed by atoms with Crippen molar-refractivity contribution in [3.63, 3.8) is 0 Å². The minimum Gasteiger partial charge on any atom is -0.461 e. The summed E-state index contributed by atoms with van der Waals surface area (Å²) >= 11 is 0. The second-order valence-corrected chi connectivity index (χ2v) is 6.09. The fourth-order valence-electron chi connectivity index (χ4n) is 2.47. The monoisotopic (exact) mass is 341 g/mol. The minimum absolute atomic E-state index is 0.350. The van der Waals surface area contributed by atoms with E-state index in [1.807, 2.05) is 25.1 Å². The fraction of sp³-hybridized carbons (Fsp3) is 0.278. The van der Waals surface area contributed by atoms with Gasteiger partial charge in [-0.15, -0.1) is 0 Å². The molecule has 130 valence electrons. The highest BCUT2D eigenvalue weighted by molar-refractivity contribution is 6.61. The van der Waals surface area contributed by atoms with Crippen molar-refractivity contribution in [3.8, 4) is 11.5 Å². The average molecular weight is 341 g/mol. The highest BCUT2D eigenvalue weighted by Gasteiger charge is 2.27. The fourth-order valence-corrected chi connectivity index (χ4v) is 2.47. The molecule has 25 heavy (non-hydrogen) atoms. The first-order chi connectivity index (χ1) is 12.0. The first-order valence-corrected chi connectivity index (χ1v) is 8.05. The van der Waals surface area contributed by atoms with Crippen molar-refractivity contribution in [3.05, 3.63) is 53.6 Å². The van der Waals surface area contributed by atoms with Crippen molar-refractivity contribution in [2.24, 2.45) is 0 Å². The SMILES string of the molecule is CN(C)CCOC(=O)c1ccc(Oc2ccc3c(c2)COB3O)cc1. The second kappa shape index (κ2) is 7.69. The van der Waals surface area contributed by atoms with E-state index in [2.05, 4.69) is 0 Å². The van der Waals surface area contributed by atoms with E-state index in [4.69, 9.17) is 14.1 Å². The molecular weight excluding hydrogens is 321 g/mol. The van der Waals surface area contributed by atoms with Gasteiger partial charge in [-0.25, -0.2) is 4.79 Å². The molecule has 1 heterocycles. The average Bonchev–Trinajstić information content (AvgIpc) is 2.96. The summed E-state index contributed by atoms with van der Waals surface area (Å²) in [7, 11) is 2.99. The van der Waals surface area contributed by atoms with Crippen LogP contribution in [0.4, 0.5) is 0 Å². The van der Waals surface area contributed by atoms with Crippen LogP contribution in [0.1, 0.15) is 15.9 Å². The number of likely N-dealkylation sites (N-methyl/N-ethyl adjacent to an activating group) is 1. The Labute approximate surface area is 147 Å². The third-order valence-electron chi connectivity index (χ3n) is 3.87. The summed E-state index contributed by atoms with van der Waals surface area (Å²) in [4.78, 5) is 13.9. The van der Waals surface area contributed by atoms with Gasteiger partial charge in [-0.05, 0) is 61.5 Å². The molecule has 3 rings (SSSR count). The van der Waals surface area contributed by atoms with E-state index >= 15 is 0 Å². The van der Waals surface area contributed by atoms with Gasteiger partial charge in [0.1, 0.15) is 18.1 Å².